The Hall–Kier alpha value is 0.330. The maximum atomic E-state index is 11.1. The van der Waals surface area contributed by atoms with Gasteiger partial charge in [-0.1, -0.05) is 64.6 Å². The van der Waals surface area contributed by atoms with Crippen molar-refractivity contribution in [2.45, 2.75) is 15.1 Å². The summed E-state index contributed by atoms with van der Waals surface area (Å²) < 4.78 is 20.5. The topological polar surface area (TPSA) is 34.1 Å². The maximum absolute atomic E-state index is 11.1. The first-order chi connectivity index (χ1) is 7.02. The van der Waals surface area contributed by atoms with E-state index in [4.69, 9.17) is 46.4 Å². The van der Waals surface area contributed by atoms with Crippen LogP contribution in [0.25, 0.3) is 0 Å². The van der Waals surface area contributed by atoms with Crippen molar-refractivity contribution in [1.82, 2.24) is 0 Å². The van der Waals surface area contributed by atoms with Gasteiger partial charge in [-0.25, -0.2) is 8.42 Å². The van der Waals surface area contributed by atoms with Gasteiger partial charge in [0.25, 0.3) is 3.25 Å². The summed E-state index contributed by atoms with van der Waals surface area (Å²) in [7, 11) is -3.03. The van der Waals surface area contributed by atoms with Crippen LogP contribution in [0.3, 0.4) is 0 Å². The fraction of sp³-hybridized carbons (Fsp3) is 0.333. The molecule has 1 aromatic carbocycles. The zero-order valence-electron chi connectivity index (χ0n) is 8.55. The van der Waals surface area contributed by atoms with E-state index in [2.05, 4.69) is 0 Å². The number of sulfone groups is 1. The summed E-state index contributed by atoms with van der Waals surface area (Å²) in [6.45, 7) is 1.79. The van der Waals surface area contributed by atoms with Gasteiger partial charge in [0.15, 0.2) is 9.84 Å². The maximum Gasteiger partial charge on any atom is 0.266 e. The lowest BCUT2D eigenvalue weighted by molar-refractivity contribution is 0.601. The van der Waals surface area contributed by atoms with Crippen molar-refractivity contribution in [1.29, 1.82) is 0 Å². The highest BCUT2D eigenvalue weighted by atomic mass is 35.6. The largest absolute Gasteiger partial charge is 0.266 e. The van der Waals surface area contributed by atoms with Crippen LogP contribution in [0.15, 0.2) is 29.2 Å². The number of aryl methyl sites for hydroxylation is 1. The first kappa shape index (κ1) is 16.3. The molecule has 7 heteroatoms. The van der Waals surface area contributed by atoms with Gasteiger partial charge in [0.2, 0.25) is 0 Å². The molecule has 0 N–H and O–H groups in total. The number of hydrogen-bond donors (Lipinski definition) is 0. The van der Waals surface area contributed by atoms with Gasteiger partial charge in [-0.05, 0) is 18.6 Å². The Morgan fingerprint density at radius 1 is 1.06 bits per heavy atom. The molecule has 0 saturated carbocycles. The second kappa shape index (κ2) is 6.31. The number of alkyl halides is 4. The number of halogens is 4. The Kier molecular flexibility index (Phi) is 6.44. The Balaban J connectivity index is 0.000000385. The molecular formula is C9H10Cl4O2S. The molecule has 0 fully saturated rings. The lowest BCUT2D eigenvalue weighted by atomic mass is 10.2. The molecule has 0 aliphatic carbocycles. The molecule has 1 aromatic rings. The van der Waals surface area contributed by atoms with Crippen LogP contribution in [0, 0.1) is 6.92 Å². The summed E-state index contributed by atoms with van der Waals surface area (Å²) in [5.41, 5.74) is 0.801. The van der Waals surface area contributed by atoms with Crippen LogP contribution in [0.2, 0.25) is 0 Å². The number of rotatable bonds is 1. The van der Waals surface area contributed by atoms with Crippen LogP contribution in [0.4, 0.5) is 0 Å². The average molecular weight is 324 g/mol. The van der Waals surface area contributed by atoms with E-state index in [1.54, 1.807) is 25.1 Å². The normalized spacial score (nSPS) is 11.6. The highest BCUT2D eigenvalue weighted by Gasteiger charge is 2.11. The molecule has 16 heavy (non-hydrogen) atoms. The van der Waals surface area contributed by atoms with Crippen LogP contribution in [-0.4, -0.2) is 17.9 Å². The van der Waals surface area contributed by atoms with Gasteiger partial charge in [0.05, 0.1) is 4.90 Å². The molecule has 0 bridgehead atoms. The van der Waals surface area contributed by atoms with Gasteiger partial charge in [-0.2, -0.15) is 0 Å². The molecule has 0 aliphatic rings. The van der Waals surface area contributed by atoms with Crippen molar-refractivity contribution < 1.29 is 8.42 Å². The van der Waals surface area contributed by atoms with E-state index in [1.165, 1.54) is 6.26 Å². The van der Waals surface area contributed by atoms with Gasteiger partial charge >= 0.3 is 0 Å². The molecule has 92 valence electrons. The number of benzene rings is 1. The van der Waals surface area contributed by atoms with Gasteiger partial charge in [-0.3, -0.25) is 0 Å². The molecule has 0 atom stereocenters. The van der Waals surface area contributed by atoms with Crippen molar-refractivity contribution in [2.24, 2.45) is 0 Å². The zero-order chi connectivity index (χ0) is 13.0. The van der Waals surface area contributed by atoms with Gasteiger partial charge in [0, 0.05) is 6.26 Å². The standard InChI is InChI=1S/C8H10O2S.CCl4/c1-7-5-3-4-6-8(7)11(2,9)10;2-1(3,4)5/h3-6H,1-2H3;. The molecule has 0 radical (unpaired) electrons. The van der Waals surface area contributed by atoms with Crippen molar-refractivity contribution in [2.75, 3.05) is 6.26 Å². The third-order valence-electron chi connectivity index (χ3n) is 1.49. The summed E-state index contributed by atoms with van der Waals surface area (Å²) in [4.78, 5) is 0.417. The molecule has 0 aromatic heterocycles. The minimum Gasteiger partial charge on any atom is -0.224 e. The Morgan fingerprint density at radius 3 is 1.69 bits per heavy atom. The van der Waals surface area contributed by atoms with E-state index < -0.39 is 13.1 Å². The van der Waals surface area contributed by atoms with Crippen molar-refractivity contribution >= 4 is 56.2 Å². The van der Waals surface area contributed by atoms with E-state index in [9.17, 15) is 8.42 Å². The monoisotopic (exact) mass is 322 g/mol. The van der Waals surface area contributed by atoms with Gasteiger partial charge in [-0.15, -0.1) is 0 Å². The van der Waals surface area contributed by atoms with Crippen LogP contribution < -0.4 is 0 Å². The highest BCUT2D eigenvalue weighted by Crippen LogP contribution is 2.29. The van der Waals surface area contributed by atoms with E-state index in [0.29, 0.717) is 4.90 Å². The quantitative estimate of drug-likeness (QED) is 0.733. The first-order valence-corrected chi connectivity index (χ1v) is 7.43. The molecule has 0 saturated heterocycles. The molecule has 1 rings (SSSR count). The molecule has 0 spiro atoms. The van der Waals surface area contributed by atoms with Gasteiger partial charge in [0.1, 0.15) is 0 Å². The summed E-state index contributed by atoms with van der Waals surface area (Å²) in [6, 6.07) is 6.95. The molecule has 0 unspecified atom stereocenters. The Morgan fingerprint density at radius 2 is 1.44 bits per heavy atom. The van der Waals surface area contributed by atoms with Crippen LogP contribution in [-0.2, 0) is 9.84 Å². The predicted octanol–water partition coefficient (Wildman–Crippen LogP) is 3.95. The highest BCUT2D eigenvalue weighted by molar-refractivity contribution is 7.90. The molecule has 0 heterocycles. The van der Waals surface area contributed by atoms with E-state index in [1.807, 2.05) is 6.07 Å². The number of hydrogen-bond acceptors (Lipinski definition) is 2. The second-order valence-corrected chi connectivity index (χ2v) is 8.38. The minimum atomic E-state index is -3.03. The second-order valence-electron chi connectivity index (χ2n) is 2.97. The van der Waals surface area contributed by atoms with E-state index >= 15 is 0 Å². The van der Waals surface area contributed by atoms with Crippen LogP contribution >= 0.6 is 46.4 Å². The van der Waals surface area contributed by atoms with E-state index in [0.717, 1.165) is 5.56 Å². The SMILES string of the molecule is Cc1ccccc1S(C)(=O)=O.ClC(Cl)(Cl)Cl. The third-order valence-corrected chi connectivity index (χ3v) is 2.75. The zero-order valence-corrected chi connectivity index (χ0v) is 12.4. The summed E-state index contributed by atoms with van der Waals surface area (Å²) >= 11 is 19.3. The minimum absolute atomic E-state index is 0.417. The van der Waals surface area contributed by atoms with Crippen molar-refractivity contribution in [3.63, 3.8) is 0 Å². The first-order valence-electron chi connectivity index (χ1n) is 4.03. The average Bonchev–Trinajstić information content (AvgIpc) is 1.99. The molecule has 2 nitrogen and oxygen atoms in total. The fourth-order valence-electron chi connectivity index (χ4n) is 0.972. The molecule has 0 aliphatic heterocycles. The third kappa shape index (κ3) is 8.48. The van der Waals surface area contributed by atoms with Crippen LogP contribution in [0.1, 0.15) is 5.56 Å². The summed E-state index contributed by atoms with van der Waals surface area (Å²) in [5.74, 6) is 0. The molecular weight excluding hydrogens is 314 g/mol. The van der Waals surface area contributed by atoms with Crippen molar-refractivity contribution in [3.8, 4) is 0 Å². The summed E-state index contributed by atoms with van der Waals surface area (Å²) in [5, 5.41) is 0. The smallest absolute Gasteiger partial charge is 0.224 e. The lowest BCUT2D eigenvalue weighted by Gasteiger charge is -2.00. The summed E-state index contributed by atoms with van der Waals surface area (Å²) in [6.07, 6.45) is 1.22. The van der Waals surface area contributed by atoms with E-state index in [-0.39, 0.29) is 0 Å². The molecule has 0 amide bonds. The van der Waals surface area contributed by atoms with Crippen LogP contribution in [0.5, 0.6) is 0 Å². The fourth-order valence-corrected chi connectivity index (χ4v) is 1.95. The van der Waals surface area contributed by atoms with Gasteiger partial charge < -0.3 is 0 Å². The Bertz CT molecular complexity index is 431. The van der Waals surface area contributed by atoms with Crippen molar-refractivity contribution in [3.05, 3.63) is 29.8 Å². The lowest BCUT2D eigenvalue weighted by Crippen LogP contribution is -1.98. The Labute approximate surface area is 115 Å². The predicted molar refractivity (Wildman–Crippen MR) is 70.4 cm³/mol.